The van der Waals surface area contributed by atoms with E-state index in [9.17, 15) is 5.11 Å². The number of rotatable bonds is 3. The second-order valence-corrected chi connectivity index (χ2v) is 5.80. The number of hydrogen-bond acceptors (Lipinski definition) is 2. The Morgan fingerprint density at radius 1 is 1.14 bits per heavy atom. The molecule has 84 valence electrons. The summed E-state index contributed by atoms with van der Waals surface area (Å²) in [4.78, 5) is 0. The number of aliphatic hydroxyl groups excluding tert-OH is 1. The zero-order valence-electron chi connectivity index (χ0n) is 10.0. The van der Waals surface area contributed by atoms with Gasteiger partial charge in [-0.15, -0.1) is 0 Å². The molecule has 0 aromatic carbocycles. The molecule has 14 heavy (non-hydrogen) atoms. The van der Waals surface area contributed by atoms with Gasteiger partial charge in [0.05, 0.1) is 6.61 Å². The van der Waals surface area contributed by atoms with Gasteiger partial charge in [-0.1, -0.05) is 13.8 Å². The molecule has 0 amide bonds. The Balaban J connectivity index is 2.44. The first-order chi connectivity index (χ1) is 6.43. The molecule has 0 aromatic heterocycles. The van der Waals surface area contributed by atoms with Gasteiger partial charge in [0, 0.05) is 11.6 Å². The van der Waals surface area contributed by atoms with Crippen LogP contribution < -0.4 is 5.32 Å². The fourth-order valence-corrected chi connectivity index (χ4v) is 2.66. The van der Waals surface area contributed by atoms with E-state index in [1.54, 1.807) is 0 Å². The third-order valence-corrected chi connectivity index (χ3v) is 3.17. The van der Waals surface area contributed by atoms with E-state index in [-0.39, 0.29) is 12.1 Å². The van der Waals surface area contributed by atoms with Crippen LogP contribution in [0, 0.1) is 11.8 Å². The molecule has 0 heterocycles. The topological polar surface area (TPSA) is 32.3 Å². The molecule has 2 unspecified atom stereocenters. The molecule has 1 rings (SSSR count). The van der Waals surface area contributed by atoms with Gasteiger partial charge in [0.2, 0.25) is 0 Å². The molecule has 0 spiro atoms. The van der Waals surface area contributed by atoms with Crippen LogP contribution in [-0.4, -0.2) is 23.3 Å². The zero-order chi connectivity index (χ0) is 10.8. The molecular formula is C12H25NO. The normalized spacial score (nSPS) is 34.5. The van der Waals surface area contributed by atoms with Gasteiger partial charge in [-0.3, -0.25) is 0 Å². The number of aliphatic hydroxyl groups is 1. The minimum absolute atomic E-state index is 0.124. The second-order valence-electron chi connectivity index (χ2n) is 5.80. The monoisotopic (exact) mass is 199 g/mol. The molecule has 2 heteroatoms. The minimum Gasteiger partial charge on any atom is -0.394 e. The summed E-state index contributed by atoms with van der Waals surface area (Å²) in [6.07, 6.45) is 3.87. The van der Waals surface area contributed by atoms with E-state index in [1.807, 2.05) is 0 Å². The Labute approximate surface area is 88.1 Å². The minimum atomic E-state index is -0.124. The van der Waals surface area contributed by atoms with E-state index in [0.717, 1.165) is 11.8 Å². The lowest BCUT2D eigenvalue weighted by atomic mass is 9.79. The number of nitrogens with one attached hydrogen (secondary N) is 1. The van der Waals surface area contributed by atoms with Gasteiger partial charge in [-0.05, 0) is 44.9 Å². The predicted octanol–water partition coefficient (Wildman–Crippen LogP) is 2.17. The molecule has 1 aliphatic rings. The molecule has 1 aliphatic carbocycles. The molecular weight excluding hydrogens is 174 g/mol. The van der Waals surface area contributed by atoms with Gasteiger partial charge < -0.3 is 10.4 Å². The third kappa shape index (κ3) is 3.58. The van der Waals surface area contributed by atoms with E-state index >= 15 is 0 Å². The fourth-order valence-electron chi connectivity index (χ4n) is 2.66. The summed E-state index contributed by atoms with van der Waals surface area (Å²) >= 11 is 0. The van der Waals surface area contributed by atoms with Gasteiger partial charge in [0.25, 0.3) is 0 Å². The van der Waals surface area contributed by atoms with Crippen molar-refractivity contribution in [2.45, 2.75) is 58.5 Å². The lowest BCUT2D eigenvalue weighted by Gasteiger charge is -2.37. The lowest BCUT2D eigenvalue weighted by molar-refractivity contribution is 0.143. The van der Waals surface area contributed by atoms with Crippen LogP contribution in [0.3, 0.4) is 0 Å². The highest BCUT2D eigenvalue weighted by Gasteiger charge is 2.28. The van der Waals surface area contributed by atoms with E-state index in [0.29, 0.717) is 6.04 Å². The van der Waals surface area contributed by atoms with Crippen molar-refractivity contribution in [1.29, 1.82) is 0 Å². The first-order valence-electron chi connectivity index (χ1n) is 5.81. The van der Waals surface area contributed by atoms with Crippen molar-refractivity contribution in [3.63, 3.8) is 0 Å². The van der Waals surface area contributed by atoms with Crippen LogP contribution in [-0.2, 0) is 0 Å². The predicted molar refractivity (Wildman–Crippen MR) is 60.3 cm³/mol. The smallest absolute Gasteiger partial charge is 0.0607 e. The quantitative estimate of drug-likeness (QED) is 0.730. The Kier molecular flexibility index (Phi) is 3.96. The molecule has 0 saturated heterocycles. The molecule has 2 nitrogen and oxygen atoms in total. The van der Waals surface area contributed by atoms with E-state index < -0.39 is 0 Å². The molecule has 0 bridgehead atoms. The largest absolute Gasteiger partial charge is 0.394 e. The van der Waals surface area contributed by atoms with Crippen molar-refractivity contribution in [2.75, 3.05) is 6.61 Å². The Morgan fingerprint density at radius 2 is 1.64 bits per heavy atom. The van der Waals surface area contributed by atoms with Crippen LogP contribution in [0.15, 0.2) is 0 Å². The third-order valence-electron chi connectivity index (χ3n) is 3.17. The van der Waals surface area contributed by atoms with E-state index in [1.165, 1.54) is 19.3 Å². The van der Waals surface area contributed by atoms with Crippen LogP contribution in [0.2, 0.25) is 0 Å². The van der Waals surface area contributed by atoms with Crippen molar-refractivity contribution in [3.8, 4) is 0 Å². The number of hydrogen-bond donors (Lipinski definition) is 2. The Bertz CT molecular complexity index is 169. The summed E-state index contributed by atoms with van der Waals surface area (Å²) < 4.78 is 0. The SMILES string of the molecule is CC1CC(C)CC(NC(C)(C)CO)C1. The maximum Gasteiger partial charge on any atom is 0.0607 e. The average Bonchev–Trinajstić information content (AvgIpc) is 2.01. The Hall–Kier alpha value is -0.0800. The van der Waals surface area contributed by atoms with Crippen LogP contribution in [0.5, 0.6) is 0 Å². The summed E-state index contributed by atoms with van der Waals surface area (Å²) in [7, 11) is 0. The maximum atomic E-state index is 9.19. The van der Waals surface area contributed by atoms with Crippen molar-refractivity contribution in [2.24, 2.45) is 11.8 Å². The Morgan fingerprint density at radius 3 is 2.07 bits per heavy atom. The van der Waals surface area contributed by atoms with Gasteiger partial charge in [-0.2, -0.15) is 0 Å². The van der Waals surface area contributed by atoms with E-state index in [2.05, 4.69) is 33.0 Å². The highest BCUT2D eigenvalue weighted by atomic mass is 16.3. The lowest BCUT2D eigenvalue weighted by Crippen LogP contribution is -2.50. The van der Waals surface area contributed by atoms with Crippen LogP contribution in [0.25, 0.3) is 0 Å². The van der Waals surface area contributed by atoms with E-state index in [4.69, 9.17) is 0 Å². The van der Waals surface area contributed by atoms with Gasteiger partial charge in [0.1, 0.15) is 0 Å². The van der Waals surface area contributed by atoms with Crippen molar-refractivity contribution >= 4 is 0 Å². The van der Waals surface area contributed by atoms with Crippen molar-refractivity contribution in [1.82, 2.24) is 5.32 Å². The highest BCUT2D eigenvalue weighted by Crippen LogP contribution is 2.29. The zero-order valence-corrected chi connectivity index (χ0v) is 10.0. The fraction of sp³-hybridized carbons (Fsp3) is 1.00. The summed E-state index contributed by atoms with van der Waals surface area (Å²) in [6.45, 7) is 9.01. The van der Waals surface area contributed by atoms with Gasteiger partial charge in [0.15, 0.2) is 0 Å². The summed E-state index contributed by atoms with van der Waals surface area (Å²) in [5.74, 6) is 1.65. The van der Waals surface area contributed by atoms with Crippen molar-refractivity contribution < 1.29 is 5.11 Å². The standard InChI is InChI=1S/C12H25NO/c1-9-5-10(2)7-11(6-9)13-12(3,4)8-14/h9-11,13-14H,5-8H2,1-4H3. The van der Waals surface area contributed by atoms with Crippen LogP contribution in [0.4, 0.5) is 0 Å². The molecule has 0 radical (unpaired) electrons. The molecule has 1 saturated carbocycles. The molecule has 0 aliphatic heterocycles. The maximum absolute atomic E-state index is 9.19. The van der Waals surface area contributed by atoms with Gasteiger partial charge in [-0.25, -0.2) is 0 Å². The highest BCUT2D eigenvalue weighted by molar-refractivity contribution is 4.86. The van der Waals surface area contributed by atoms with Crippen LogP contribution in [0.1, 0.15) is 47.0 Å². The molecule has 2 atom stereocenters. The first-order valence-corrected chi connectivity index (χ1v) is 5.81. The first kappa shape index (κ1) is 12.0. The van der Waals surface area contributed by atoms with Crippen LogP contribution >= 0.6 is 0 Å². The van der Waals surface area contributed by atoms with Gasteiger partial charge >= 0.3 is 0 Å². The molecule has 0 aromatic rings. The molecule has 1 fully saturated rings. The average molecular weight is 199 g/mol. The molecule has 2 N–H and O–H groups in total. The summed E-state index contributed by atoms with van der Waals surface area (Å²) in [5, 5.41) is 12.7. The summed E-state index contributed by atoms with van der Waals surface area (Å²) in [6, 6.07) is 0.593. The second kappa shape index (κ2) is 4.63. The summed E-state index contributed by atoms with van der Waals surface area (Å²) in [5.41, 5.74) is -0.124. The van der Waals surface area contributed by atoms with Crippen molar-refractivity contribution in [3.05, 3.63) is 0 Å².